The zero-order chi connectivity index (χ0) is 15.4. The maximum atomic E-state index is 13.6. The molecule has 0 amide bonds. The maximum absolute atomic E-state index is 13.6. The van der Waals surface area contributed by atoms with Crippen LogP contribution < -0.4 is 5.32 Å². The van der Waals surface area contributed by atoms with Crippen molar-refractivity contribution >= 4 is 16.9 Å². The highest BCUT2D eigenvalue weighted by Crippen LogP contribution is 2.31. The summed E-state index contributed by atoms with van der Waals surface area (Å²) in [7, 11) is 0. The van der Waals surface area contributed by atoms with E-state index >= 15 is 0 Å². The van der Waals surface area contributed by atoms with E-state index in [1.54, 1.807) is 13.0 Å². The summed E-state index contributed by atoms with van der Waals surface area (Å²) in [5.41, 5.74) is 1.65. The molecule has 2 nitrogen and oxygen atoms in total. The summed E-state index contributed by atoms with van der Waals surface area (Å²) in [5, 5.41) is 5.01. The molecule has 4 heteroatoms. The Hall–Kier alpha value is -1.03. The van der Waals surface area contributed by atoms with Crippen LogP contribution in [0.3, 0.4) is 0 Å². The highest BCUT2D eigenvalue weighted by molar-refractivity contribution is 8.14. The third-order valence-electron chi connectivity index (χ3n) is 4.29. The zero-order valence-corrected chi connectivity index (χ0v) is 14.1. The molecule has 0 saturated carbocycles. The number of aliphatic imine (C=N–C) groups is 1. The van der Waals surface area contributed by atoms with E-state index in [0.29, 0.717) is 10.8 Å². The number of aryl methyl sites for hydroxylation is 1. The average molecular weight is 308 g/mol. The molecule has 1 aromatic carbocycles. The average Bonchev–Trinajstić information content (AvgIpc) is 2.91. The summed E-state index contributed by atoms with van der Waals surface area (Å²) >= 11 is 1.84. The van der Waals surface area contributed by atoms with Crippen molar-refractivity contribution < 1.29 is 4.39 Å². The number of hydrogen-bond acceptors (Lipinski definition) is 3. The van der Waals surface area contributed by atoms with Gasteiger partial charge in [-0.1, -0.05) is 50.6 Å². The molecule has 2 unspecified atom stereocenters. The molecule has 1 aliphatic heterocycles. The van der Waals surface area contributed by atoms with Gasteiger partial charge in [0.2, 0.25) is 0 Å². The van der Waals surface area contributed by atoms with Gasteiger partial charge >= 0.3 is 0 Å². The van der Waals surface area contributed by atoms with E-state index in [4.69, 9.17) is 0 Å². The van der Waals surface area contributed by atoms with Crippen molar-refractivity contribution in [3.8, 4) is 0 Å². The van der Waals surface area contributed by atoms with E-state index in [-0.39, 0.29) is 11.9 Å². The molecular formula is C17H25FN2S. The number of nitrogens with one attached hydrogen (secondary N) is 1. The highest BCUT2D eigenvalue weighted by atomic mass is 32.2. The topological polar surface area (TPSA) is 24.4 Å². The van der Waals surface area contributed by atoms with Crippen molar-refractivity contribution in [3.63, 3.8) is 0 Å². The Morgan fingerprint density at radius 1 is 1.38 bits per heavy atom. The first-order valence-corrected chi connectivity index (χ1v) is 8.66. The van der Waals surface area contributed by atoms with Gasteiger partial charge < -0.3 is 5.32 Å². The van der Waals surface area contributed by atoms with Crippen LogP contribution in [-0.4, -0.2) is 17.0 Å². The quantitative estimate of drug-likeness (QED) is 0.853. The van der Waals surface area contributed by atoms with Crippen molar-refractivity contribution in [2.24, 2.45) is 10.9 Å². The van der Waals surface area contributed by atoms with Crippen LogP contribution in [0.25, 0.3) is 0 Å². The smallest absolute Gasteiger partial charge is 0.157 e. The Morgan fingerprint density at radius 3 is 2.71 bits per heavy atom. The van der Waals surface area contributed by atoms with E-state index in [2.05, 4.69) is 31.1 Å². The minimum Gasteiger partial charge on any atom is -0.358 e. The van der Waals surface area contributed by atoms with Crippen LogP contribution in [0.5, 0.6) is 0 Å². The Bertz CT molecular complexity index is 512. The number of amidine groups is 1. The first-order chi connectivity index (χ1) is 10.0. The molecule has 0 aromatic heterocycles. The second-order valence-electron chi connectivity index (χ2n) is 5.75. The summed E-state index contributed by atoms with van der Waals surface area (Å²) in [6, 6.07) is 5.51. The lowest BCUT2D eigenvalue weighted by atomic mass is 9.99. The highest BCUT2D eigenvalue weighted by Gasteiger charge is 2.26. The van der Waals surface area contributed by atoms with Crippen LogP contribution >= 0.6 is 11.8 Å². The molecule has 2 atom stereocenters. The Morgan fingerprint density at radius 2 is 2.10 bits per heavy atom. The molecule has 1 heterocycles. The zero-order valence-electron chi connectivity index (χ0n) is 13.3. The van der Waals surface area contributed by atoms with Crippen molar-refractivity contribution in [1.29, 1.82) is 0 Å². The lowest BCUT2D eigenvalue weighted by Gasteiger charge is -2.20. The van der Waals surface area contributed by atoms with Gasteiger partial charge in [0.1, 0.15) is 5.82 Å². The molecule has 0 aliphatic carbocycles. The maximum Gasteiger partial charge on any atom is 0.157 e. The molecule has 116 valence electrons. The molecule has 1 aliphatic rings. The van der Waals surface area contributed by atoms with Crippen LogP contribution in [0.15, 0.2) is 23.2 Å². The van der Waals surface area contributed by atoms with Gasteiger partial charge in [0.25, 0.3) is 0 Å². The first kappa shape index (κ1) is 16.3. The molecule has 0 fully saturated rings. The van der Waals surface area contributed by atoms with Crippen molar-refractivity contribution in [2.45, 2.75) is 51.8 Å². The van der Waals surface area contributed by atoms with Gasteiger partial charge in [-0.15, -0.1) is 0 Å². The predicted molar refractivity (Wildman–Crippen MR) is 90.4 cm³/mol. The Balaban J connectivity index is 1.94. The van der Waals surface area contributed by atoms with E-state index in [1.165, 1.54) is 12.8 Å². The van der Waals surface area contributed by atoms with Gasteiger partial charge in [0.05, 0.1) is 12.6 Å². The van der Waals surface area contributed by atoms with Crippen LogP contribution in [0, 0.1) is 18.7 Å². The molecule has 21 heavy (non-hydrogen) atoms. The normalized spacial score (nSPS) is 19.7. The van der Waals surface area contributed by atoms with Crippen LogP contribution in [0.1, 0.15) is 50.8 Å². The first-order valence-electron chi connectivity index (χ1n) is 7.78. The molecule has 0 saturated heterocycles. The van der Waals surface area contributed by atoms with Gasteiger partial charge in [-0.3, -0.25) is 4.99 Å². The van der Waals surface area contributed by atoms with E-state index in [1.807, 2.05) is 23.9 Å². The van der Waals surface area contributed by atoms with Crippen LogP contribution in [-0.2, 0) is 0 Å². The summed E-state index contributed by atoms with van der Waals surface area (Å²) in [6.07, 6.45) is 2.41. The number of thioether (sulfide) groups is 1. The van der Waals surface area contributed by atoms with E-state index < -0.39 is 0 Å². The summed E-state index contributed by atoms with van der Waals surface area (Å²) in [6.45, 7) is 9.23. The molecule has 0 spiro atoms. The van der Waals surface area contributed by atoms with Gasteiger partial charge in [-0.2, -0.15) is 0 Å². The monoisotopic (exact) mass is 308 g/mol. The molecule has 1 aromatic rings. The second-order valence-corrected chi connectivity index (χ2v) is 6.98. The fourth-order valence-electron chi connectivity index (χ4n) is 2.68. The third kappa shape index (κ3) is 4.00. The fourth-order valence-corrected chi connectivity index (χ4v) is 4.08. The summed E-state index contributed by atoms with van der Waals surface area (Å²) < 4.78 is 13.6. The molecule has 2 rings (SSSR count). The summed E-state index contributed by atoms with van der Waals surface area (Å²) in [4.78, 5) is 4.61. The molecule has 0 bridgehead atoms. The Kier molecular flexibility index (Phi) is 5.68. The molecular weight excluding hydrogens is 283 g/mol. The van der Waals surface area contributed by atoms with Gasteiger partial charge in [-0.05, 0) is 37.0 Å². The van der Waals surface area contributed by atoms with Crippen molar-refractivity contribution in [3.05, 3.63) is 35.1 Å². The predicted octanol–water partition coefficient (Wildman–Crippen LogP) is 4.69. The largest absolute Gasteiger partial charge is 0.358 e. The minimum atomic E-state index is -0.142. The third-order valence-corrected chi connectivity index (χ3v) is 5.60. The SMILES string of the molecule is CCC(CC)C1CN=C(NC(C)c2ccc(C)c(F)c2)S1. The van der Waals surface area contributed by atoms with Crippen LogP contribution in [0.2, 0.25) is 0 Å². The van der Waals surface area contributed by atoms with Gasteiger partial charge in [0, 0.05) is 5.25 Å². The number of halogens is 1. The van der Waals surface area contributed by atoms with E-state index in [9.17, 15) is 4.39 Å². The standard InChI is InChI=1S/C17H25FN2S/c1-5-13(6-2)16-10-19-17(21-16)20-12(4)14-8-7-11(3)15(18)9-14/h7-9,12-13,16H,5-6,10H2,1-4H3,(H,19,20). The van der Waals surface area contributed by atoms with Gasteiger partial charge in [-0.25, -0.2) is 4.39 Å². The summed E-state index contributed by atoms with van der Waals surface area (Å²) in [5.74, 6) is 0.585. The fraction of sp³-hybridized carbons (Fsp3) is 0.588. The van der Waals surface area contributed by atoms with Crippen LogP contribution in [0.4, 0.5) is 4.39 Å². The minimum absolute atomic E-state index is 0.0757. The van der Waals surface area contributed by atoms with Crippen molar-refractivity contribution in [2.75, 3.05) is 6.54 Å². The number of benzene rings is 1. The number of rotatable bonds is 5. The van der Waals surface area contributed by atoms with Crippen molar-refractivity contribution in [1.82, 2.24) is 5.32 Å². The second kappa shape index (κ2) is 7.30. The van der Waals surface area contributed by atoms with E-state index in [0.717, 1.165) is 23.2 Å². The molecule has 0 radical (unpaired) electrons. The lowest BCUT2D eigenvalue weighted by molar-refractivity contribution is 0.479. The van der Waals surface area contributed by atoms with Gasteiger partial charge in [0.15, 0.2) is 5.17 Å². The number of hydrogen-bond donors (Lipinski definition) is 1. The molecule has 1 N–H and O–H groups in total. The Labute approximate surface area is 131 Å². The number of nitrogens with zero attached hydrogens (tertiary/aromatic N) is 1. The lowest BCUT2D eigenvalue weighted by Crippen LogP contribution is -2.24.